The molecular weight excluding hydrogens is 226 g/mol. The number of hydrogen-bond donors (Lipinski definition) is 2. The van der Waals surface area contributed by atoms with E-state index in [1.54, 1.807) is 0 Å². The predicted octanol–water partition coefficient (Wildman–Crippen LogP) is 1.80. The fraction of sp³-hybridized carbons (Fsp3) is 0.333. The van der Waals surface area contributed by atoms with Gasteiger partial charge >= 0.3 is 0 Å². The van der Waals surface area contributed by atoms with Crippen LogP contribution in [0, 0.1) is 0 Å². The van der Waals surface area contributed by atoms with Crippen molar-refractivity contribution in [1.29, 1.82) is 0 Å². The Bertz CT molecular complexity index is 513. The van der Waals surface area contributed by atoms with Gasteiger partial charge in [-0.3, -0.25) is 0 Å². The molecule has 2 aromatic rings. The lowest BCUT2D eigenvalue weighted by molar-refractivity contribution is 0.115. The van der Waals surface area contributed by atoms with Gasteiger partial charge in [0.25, 0.3) is 0 Å². The van der Waals surface area contributed by atoms with Gasteiger partial charge in [0.05, 0.1) is 12.7 Å². The van der Waals surface area contributed by atoms with Crippen molar-refractivity contribution in [1.82, 2.24) is 4.90 Å². The zero-order valence-corrected chi connectivity index (χ0v) is 10.6. The Morgan fingerprint density at radius 2 is 1.83 bits per heavy atom. The van der Waals surface area contributed by atoms with Crippen LogP contribution in [0.5, 0.6) is 0 Å². The number of hydrogen-bond acceptors (Lipinski definition) is 3. The Kier molecular flexibility index (Phi) is 4.31. The third-order valence-electron chi connectivity index (χ3n) is 3.12. The van der Waals surface area contributed by atoms with Crippen molar-refractivity contribution in [2.24, 2.45) is 0 Å². The monoisotopic (exact) mass is 245 g/mol. The van der Waals surface area contributed by atoms with Crippen LogP contribution in [0.4, 0.5) is 0 Å². The third kappa shape index (κ3) is 3.07. The number of likely N-dealkylation sites (N-methyl/N-ethyl adjacent to an activating group) is 1. The summed E-state index contributed by atoms with van der Waals surface area (Å²) >= 11 is 0. The van der Waals surface area contributed by atoms with Crippen LogP contribution in [0.3, 0.4) is 0 Å². The minimum atomic E-state index is -0.522. The number of benzene rings is 2. The molecule has 0 amide bonds. The number of fused-ring (bicyclic) bond motifs is 1. The molecule has 3 heteroatoms. The SMILES string of the molecule is CN(CCO)CC(O)c1ccc2ccccc2c1. The second-order valence-corrected chi connectivity index (χ2v) is 4.61. The molecule has 0 radical (unpaired) electrons. The van der Waals surface area contributed by atoms with Gasteiger partial charge in [0, 0.05) is 13.1 Å². The fourth-order valence-corrected chi connectivity index (χ4v) is 2.08. The molecule has 1 atom stereocenters. The summed E-state index contributed by atoms with van der Waals surface area (Å²) in [7, 11) is 1.89. The molecule has 0 aromatic heterocycles. The maximum atomic E-state index is 10.2. The molecule has 0 fully saturated rings. The molecule has 18 heavy (non-hydrogen) atoms. The molecule has 0 spiro atoms. The average Bonchev–Trinajstić information content (AvgIpc) is 2.38. The van der Waals surface area contributed by atoms with E-state index in [0.29, 0.717) is 13.1 Å². The van der Waals surface area contributed by atoms with Gasteiger partial charge in [-0.2, -0.15) is 0 Å². The summed E-state index contributed by atoms with van der Waals surface area (Å²) in [6, 6.07) is 14.1. The smallest absolute Gasteiger partial charge is 0.0917 e. The van der Waals surface area contributed by atoms with Crippen molar-refractivity contribution in [2.45, 2.75) is 6.10 Å². The van der Waals surface area contributed by atoms with E-state index in [1.807, 2.05) is 48.3 Å². The van der Waals surface area contributed by atoms with Crippen LogP contribution in [0.25, 0.3) is 10.8 Å². The number of rotatable bonds is 5. The molecule has 0 saturated carbocycles. The predicted molar refractivity (Wildman–Crippen MR) is 73.5 cm³/mol. The molecule has 3 nitrogen and oxygen atoms in total. The maximum absolute atomic E-state index is 10.2. The van der Waals surface area contributed by atoms with Crippen molar-refractivity contribution in [3.05, 3.63) is 48.0 Å². The molecule has 2 aromatic carbocycles. The molecule has 0 aliphatic heterocycles. The van der Waals surface area contributed by atoms with Crippen molar-refractivity contribution >= 4 is 10.8 Å². The third-order valence-corrected chi connectivity index (χ3v) is 3.12. The number of aliphatic hydroxyl groups is 2. The first-order valence-electron chi connectivity index (χ1n) is 6.17. The number of nitrogens with zero attached hydrogens (tertiary/aromatic N) is 1. The summed E-state index contributed by atoms with van der Waals surface area (Å²) in [4.78, 5) is 1.92. The van der Waals surface area contributed by atoms with Crippen LogP contribution in [0.15, 0.2) is 42.5 Å². The highest BCUT2D eigenvalue weighted by Gasteiger charge is 2.10. The van der Waals surface area contributed by atoms with E-state index in [4.69, 9.17) is 5.11 Å². The second-order valence-electron chi connectivity index (χ2n) is 4.61. The summed E-state index contributed by atoms with van der Waals surface area (Å²) in [6.45, 7) is 1.21. The highest BCUT2D eigenvalue weighted by Crippen LogP contribution is 2.20. The van der Waals surface area contributed by atoms with Gasteiger partial charge in [0.15, 0.2) is 0 Å². The van der Waals surface area contributed by atoms with E-state index < -0.39 is 6.10 Å². The molecule has 0 aliphatic carbocycles. The second kappa shape index (κ2) is 5.96. The summed E-state index contributed by atoms with van der Waals surface area (Å²) in [5, 5.41) is 21.3. The van der Waals surface area contributed by atoms with E-state index in [0.717, 1.165) is 10.9 Å². The zero-order valence-electron chi connectivity index (χ0n) is 10.6. The fourth-order valence-electron chi connectivity index (χ4n) is 2.08. The lowest BCUT2D eigenvalue weighted by Crippen LogP contribution is -2.27. The summed E-state index contributed by atoms with van der Waals surface area (Å²) < 4.78 is 0. The summed E-state index contributed by atoms with van der Waals surface area (Å²) in [5.74, 6) is 0. The van der Waals surface area contributed by atoms with Crippen LogP contribution in [0.2, 0.25) is 0 Å². The summed E-state index contributed by atoms with van der Waals surface area (Å²) in [5.41, 5.74) is 0.915. The Balaban J connectivity index is 2.15. The first-order valence-corrected chi connectivity index (χ1v) is 6.17. The average molecular weight is 245 g/mol. The highest BCUT2D eigenvalue weighted by atomic mass is 16.3. The van der Waals surface area contributed by atoms with Crippen LogP contribution in [-0.2, 0) is 0 Å². The van der Waals surface area contributed by atoms with Crippen LogP contribution < -0.4 is 0 Å². The quantitative estimate of drug-likeness (QED) is 0.844. The van der Waals surface area contributed by atoms with Crippen LogP contribution in [-0.4, -0.2) is 41.9 Å². The van der Waals surface area contributed by atoms with E-state index in [2.05, 4.69) is 6.07 Å². The molecule has 96 valence electrons. The molecule has 2 rings (SSSR count). The topological polar surface area (TPSA) is 43.7 Å². The van der Waals surface area contributed by atoms with Gasteiger partial charge in [0.1, 0.15) is 0 Å². The minimum Gasteiger partial charge on any atom is -0.395 e. The van der Waals surface area contributed by atoms with E-state index >= 15 is 0 Å². The lowest BCUT2D eigenvalue weighted by atomic mass is 10.0. The van der Waals surface area contributed by atoms with Crippen molar-refractivity contribution in [2.75, 3.05) is 26.7 Å². The molecule has 0 saturated heterocycles. The van der Waals surface area contributed by atoms with Gasteiger partial charge in [0.2, 0.25) is 0 Å². The van der Waals surface area contributed by atoms with Gasteiger partial charge in [-0.05, 0) is 29.4 Å². The molecule has 2 N–H and O–H groups in total. The molecular formula is C15H19NO2. The minimum absolute atomic E-state index is 0.112. The maximum Gasteiger partial charge on any atom is 0.0917 e. The lowest BCUT2D eigenvalue weighted by Gasteiger charge is -2.20. The van der Waals surface area contributed by atoms with Gasteiger partial charge in [-0.1, -0.05) is 36.4 Å². The summed E-state index contributed by atoms with van der Waals surface area (Å²) in [6.07, 6.45) is -0.522. The van der Waals surface area contributed by atoms with Crippen molar-refractivity contribution < 1.29 is 10.2 Å². The van der Waals surface area contributed by atoms with Crippen LogP contribution >= 0.6 is 0 Å². The Morgan fingerprint density at radius 1 is 1.11 bits per heavy atom. The Morgan fingerprint density at radius 3 is 2.56 bits per heavy atom. The number of aliphatic hydroxyl groups excluding tert-OH is 2. The first-order chi connectivity index (χ1) is 8.70. The zero-order chi connectivity index (χ0) is 13.0. The van der Waals surface area contributed by atoms with Gasteiger partial charge < -0.3 is 15.1 Å². The van der Waals surface area contributed by atoms with Gasteiger partial charge in [-0.15, -0.1) is 0 Å². The standard InChI is InChI=1S/C15H19NO2/c1-16(8-9-17)11-15(18)14-7-6-12-4-2-3-5-13(12)10-14/h2-7,10,15,17-18H,8-9,11H2,1H3. The van der Waals surface area contributed by atoms with E-state index in [-0.39, 0.29) is 6.61 Å². The van der Waals surface area contributed by atoms with Crippen molar-refractivity contribution in [3.8, 4) is 0 Å². The molecule has 0 heterocycles. The van der Waals surface area contributed by atoms with E-state index in [9.17, 15) is 5.11 Å². The van der Waals surface area contributed by atoms with Crippen molar-refractivity contribution in [3.63, 3.8) is 0 Å². The largest absolute Gasteiger partial charge is 0.395 e. The normalized spacial score (nSPS) is 13.1. The van der Waals surface area contributed by atoms with Gasteiger partial charge in [-0.25, -0.2) is 0 Å². The van der Waals surface area contributed by atoms with Crippen LogP contribution in [0.1, 0.15) is 11.7 Å². The highest BCUT2D eigenvalue weighted by molar-refractivity contribution is 5.83. The van der Waals surface area contributed by atoms with E-state index in [1.165, 1.54) is 5.39 Å². The Labute approximate surface area is 107 Å². The molecule has 0 aliphatic rings. The molecule has 0 bridgehead atoms. The Hall–Kier alpha value is -1.42. The first kappa shape index (κ1) is 13.0. The molecule has 1 unspecified atom stereocenters.